The van der Waals surface area contributed by atoms with Crippen LogP contribution in [0.1, 0.15) is 22.4 Å². The average molecular weight is 308 g/mol. The smallest absolute Gasteiger partial charge is 0.179 e. The molecule has 2 heterocycles. The van der Waals surface area contributed by atoms with E-state index in [1.165, 1.54) is 17.4 Å². The third-order valence-electron chi connectivity index (χ3n) is 3.14. The quantitative estimate of drug-likeness (QED) is 0.681. The predicted octanol–water partition coefficient (Wildman–Crippen LogP) is 4.09. The number of benzene rings is 1. The summed E-state index contributed by atoms with van der Waals surface area (Å²) in [7, 11) is 0. The molecule has 3 aromatic rings. The number of allylic oxidation sites excluding steroid dienone is 1. The lowest BCUT2D eigenvalue weighted by molar-refractivity contribution is -0.114. The van der Waals surface area contributed by atoms with E-state index < -0.39 is 5.92 Å². The van der Waals surface area contributed by atoms with Crippen LogP contribution in [-0.4, -0.2) is 10.8 Å². The first-order valence-electron chi connectivity index (χ1n) is 6.71. The number of para-hydroxylation sites is 1. The van der Waals surface area contributed by atoms with Crippen LogP contribution in [0.2, 0.25) is 0 Å². The Morgan fingerprint density at radius 3 is 2.86 bits per heavy atom. The Labute approximate surface area is 131 Å². The molecule has 0 aliphatic heterocycles. The molecule has 0 fully saturated rings. The summed E-state index contributed by atoms with van der Waals surface area (Å²) < 4.78 is 6.33. The van der Waals surface area contributed by atoms with Crippen molar-refractivity contribution in [2.45, 2.75) is 12.8 Å². The highest BCUT2D eigenvalue weighted by atomic mass is 32.1. The molecule has 4 nitrogen and oxygen atoms in total. The number of furan rings is 1. The fraction of sp³-hybridized carbons (Fsp3) is 0.118. The van der Waals surface area contributed by atoms with Crippen LogP contribution in [0, 0.1) is 18.3 Å². The first-order valence-corrected chi connectivity index (χ1v) is 7.52. The molecule has 3 rings (SSSR count). The topological polar surface area (TPSA) is 66.9 Å². The minimum absolute atomic E-state index is 0.296. The zero-order valence-corrected chi connectivity index (χ0v) is 12.6. The van der Waals surface area contributed by atoms with Crippen LogP contribution in [0.5, 0.6) is 0 Å². The summed E-state index contributed by atoms with van der Waals surface area (Å²) in [6.07, 6.45) is 2.95. The van der Waals surface area contributed by atoms with Crippen LogP contribution in [-0.2, 0) is 4.79 Å². The van der Waals surface area contributed by atoms with Crippen molar-refractivity contribution in [1.29, 1.82) is 5.26 Å². The van der Waals surface area contributed by atoms with Gasteiger partial charge in [-0.05, 0) is 43.3 Å². The van der Waals surface area contributed by atoms with E-state index in [9.17, 15) is 10.1 Å². The molecule has 0 unspecified atom stereocenters. The lowest BCUT2D eigenvalue weighted by Crippen LogP contribution is -2.07. The second-order valence-corrected chi connectivity index (χ2v) is 5.83. The van der Waals surface area contributed by atoms with Crippen molar-refractivity contribution in [2.75, 3.05) is 0 Å². The number of hydrogen-bond acceptors (Lipinski definition) is 5. The largest absolute Gasteiger partial charge is 0.462 e. The number of ketones is 1. The summed E-state index contributed by atoms with van der Waals surface area (Å²) >= 11 is 1.37. The lowest BCUT2D eigenvalue weighted by atomic mass is 10.1. The number of hydrogen-bond donors (Lipinski definition) is 0. The molecule has 22 heavy (non-hydrogen) atoms. The number of rotatable bonds is 4. The second kappa shape index (κ2) is 5.96. The molecule has 1 aromatic carbocycles. The van der Waals surface area contributed by atoms with Gasteiger partial charge in [-0.25, -0.2) is 4.98 Å². The zero-order chi connectivity index (χ0) is 15.5. The highest BCUT2D eigenvalue weighted by Gasteiger charge is 2.22. The standard InChI is InChI=1S/C17H12N2O2S/c1-11-6-7-12(21-11)8-9-15(20)13(10-18)17-19-14-4-2-3-5-16(14)22-17/h2-9,13H,1H3/b9-8+/t13-/m1/s1. The zero-order valence-electron chi connectivity index (χ0n) is 11.8. The summed E-state index contributed by atoms with van der Waals surface area (Å²) in [6, 6.07) is 13.2. The molecule has 0 spiro atoms. The number of fused-ring (bicyclic) bond motifs is 1. The van der Waals surface area contributed by atoms with E-state index in [1.54, 1.807) is 12.1 Å². The molecule has 0 saturated heterocycles. The van der Waals surface area contributed by atoms with Crippen molar-refractivity contribution in [3.63, 3.8) is 0 Å². The number of carbonyl (C=O) groups is 1. The SMILES string of the molecule is Cc1ccc(/C=C/C(=O)[C@@H](C#N)c2nc3ccccc3s2)o1. The number of aromatic nitrogens is 1. The van der Waals surface area contributed by atoms with Gasteiger partial charge in [0.2, 0.25) is 0 Å². The molecule has 1 atom stereocenters. The van der Waals surface area contributed by atoms with Gasteiger partial charge in [-0.2, -0.15) is 5.26 Å². The summed E-state index contributed by atoms with van der Waals surface area (Å²) in [5.74, 6) is 0.183. The van der Waals surface area contributed by atoms with Crippen molar-refractivity contribution in [3.05, 3.63) is 59.0 Å². The van der Waals surface area contributed by atoms with Gasteiger partial charge in [0.25, 0.3) is 0 Å². The highest BCUT2D eigenvalue weighted by Crippen LogP contribution is 2.28. The minimum Gasteiger partial charge on any atom is -0.462 e. The first kappa shape index (κ1) is 14.2. The fourth-order valence-corrected chi connectivity index (χ4v) is 3.08. The van der Waals surface area contributed by atoms with Gasteiger partial charge < -0.3 is 4.42 Å². The van der Waals surface area contributed by atoms with Crippen molar-refractivity contribution in [3.8, 4) is 6.07 Å². The van der Waals surface area contributed by atoms with Gasteiger partial charge in [-0.3, -0.25) is 4.79 Å². The minimum atomic E-state index is -0.885. The van der Waals surface area contributed by atoms with Crippen molar-refractivity contribution in [1.82, 2.24) is 4.98 Å². The van der Waals surface area contributed by atoms with E-state index in [-0.39, 0.29) is 5.78 Å². The molecule has 0 N–H and O–H groups in total. The predicted molar refractivity (Wildman–Crippen MR) is 85.5 cm³/mol. The highest BCUT2D eigenvalue weighted by molar-refractivity contribution is 7.18. The normalized spacial score (nSPS) is 12.5. The molecule has 0 amide bonds. The Balaban J connectivity index is 1.85. The monoisotopic (exact) mass is 308 g/mol. The van der Waals surface area contributed by atoms with E-state index in [1.807, 2.05) is 43.3 Å². The second-order valence-electron chi connectivity index (χ2n) is 4.77. The number of nitrogens with zero attached hydrogens (tertiary/aromatic N) is 2. The van der Waals surface area contributed by atoms with E-state index in [4.69, 9.17) is 4.42 Å². The molecule has 2 aromatic heterocycles. The molecule has 0 radical (unpaired) electrons. The molecule has 108 valence electrons. The Morgan fingerprint density at radius 2 is 2.18 bits per heavy atom. The third-order valence-corrected chi connectivity index (χ3v) is 4.25. The Kier molecular flexibility index (Phi) is 3.86. The first-order chi connectivity index (χ1) is 10.7. The molecule has 0 aliphatic rings. The molecular weight excluding hydrogens is 296 g/mol. The Morgan fingerprint density at radius 1 is 1.36 bits per heavy atom. The maximum absolute atomic E-state index is 12.2. The summed E-state index contributed by atoms with van der Waals surface area (Å²) in [6.45, 7) is 1.83. The van der Waals surface area contributed by atoms with Crippen LogP contribution in [0.4, 0.5) is 0 Å². The van der Waals surface area contributed by atoms with Crippen LogP contribution in [0.3, 0.4) is 0 Å². The maximum Gasteiger partial charge on any atom is 0.179 e. The lowest BCUT2D eigenvalue weighted by Gasteiger charge is -1.99. The molecule has 5 heteroatoms. The van der Waals surface area contributed by atoms with Gasteiger partial charge in [0.05, 0.1) is 16.3 Å². The van der Waals surface area contributed by atoms with Gasteiger partial charge in [-0.15, -0.1) is 11.3 Å². The van der Waals surface area contributed by atoms with Crippen molar-refractivity contribution >= 4 is 33.4 Å². The van der Waals surface area contributed by atoms with Crippen LogP contribution >= 0.6 is 11.3 Å². The van der Waals surface area contributed by atoms with Crippen molar-refractivity contribution < 1.29 is 9.21 Å². The average Bonchev–Trinajstić information content (AvgIpc) is 3.11. The van der Waals surface area contributed by atoms with Gasteiger partial charge in [0, 0.05) is 0 Å². The van der Waals surface area contributed by atoms with Crippen LogP contribution in [0.25, 0.3) is 16.3 Å². The summed E-state index contributed by atoms with van der Waals surface area (Å²) in [5.41, 5.74) is 0.807. The molecule has 0 bridgehead atoms. The maximum atomic E-state index is 12.2. The molecule has 0 saturated carbocycles. The van der Waals surface area contributed by atoms with Gasteiger partial charge in [-0.1, -0.05) is 12.1 Å². The van der Waals surface area contributed by atoms with E-state index >= 15 is 0 Å². The van der Waals surface area contributed by atoms with E-state index in [0.29, 0.717) is 10.8 Å². The van der Waals surface area contributed by atoms with Gasteiger partial charge in [0.15, 0.2) is 11.7 Å². The number of aryl methyl sites for hydroxylation is 1. The van der Waals surface area contributed by atoms with Gasteiger partial charge >= 0.3 is 0 Å². The number of thiazole rings is 1. The summed E-state index contributed by atoms with van der Waals surface area (Å²) in [5, 5.41) is 9.84. The Hall–Kier alpha value is -2.71. The third kappa shape index (κ3) is 2.83. The van der Waals surface area contributed by atoms with E-state index in [2.05, 4.69) is 4.98 Å². The van der Waals surface area contributed by atoms with E-state index in [0.717, 1.165) is 16.0 Å². The number of carbonyl (C=O) groups excluding carboxylic acids is 1. The van der Waals surface area contributed by atoms with Crippen LogP contribution < -0.4 is 0 Å². The van der Waals surface area contributed by atoms with Gasteiger partial charge in [0.1, 0.15) is 16.5 Å². The Bertz CT molecular complexity index is 866. The van der Waals surface area contributed by atoms with Crippen molar-refractivity contribution in [2.24, 2.45) is 0 Å². The molecule has 0 aliphatic carbocycles. The van der Waals surface area contributed by atoms with Crippen LogP contribution in [0.15, 0.2) is 46.9 Å². The molecular formula is C17H12N2O2S. The number of nitriles is 1. The summed E-state index contributed by atoms with van der Waals surface area (Å²) in [4.78, 5) is 16.6. The fourth-order valence-electron chi connectivity index (χ4n) is 2.06.